The normalized spacial score (nSPS) is 20.8. The van der Waals surface area contributed by atoms with Gasteiger partial charge in [-0.05, 0) is 17.5 Å². The van der Waals surface area contributed by atoms with Crippen molar-refractivity contribution >= 4 is 76.4 Å². The molecule has 2 atom stereocenters. The first-order valence-electron chi connectivity index (χ1n) is 10.3. The minimum absolute atomic E-state index is 0.120. The lowest BCUT2D eigenvalue weighted by molar-refractivity contribution is -0.150. The number of aromatic nitrogens is 1. The fourth-order valence-electron chi connectivity index (χ4n) is 3.45. The molecule has 15 nitrogen and oxygen atoms in total. The third kappa shape index (κ3) is 5.48. The van der Waals surface area contributed by atoms with Gasteiger partial charge in [0.25, 0.3) is 11.8 Å². The first kappa shape index (κ1) is 26.3. The van der Waals surface area contributed by atoms with Crippen LogP contribution in [0.2, 0.25) is 0 Å². The van der Waals surface area contributed by atoms with E-state index in [0.717, 1.165) is 11.3 Å². The zero-order valence-electron chi connectivity index (χ0n) is 19.0. The molecule has 1 saturated heterocycles. The number of oxime groups is 1. The van der Waals surface area contributed by atoms with E-state index in [1.54, 1.807) is 5.01 Å². The third-order valence-corrected chi connectivity index (χ3v) is 8.01. The second-order valence-electron chi connectivity index (χ2n) is 7.25. The highest BCUT2D eigenvalue weighted by Gasteiger charge is 2.54. The fraction of sp³-hybridized carbons (Fsp3) is 0.316. The molecule has 1 aromatic heterocycles. The van der Waals surface area contributed by atoms with Gasteiger partial charge in [-0.15, -0.1) is 44.7 Å². The topological polar surface area (TPSA) is 181 Å². The molecule has 0 saturated carbocycles. The Hall–Kier alpha value is -3.79. The number of hydrogen-bond donors (Lipinski definition) is 4. The molecule has 4 heterocycles. The van der Waals surface area contributed by atoms with Gasteiger partial charge in [0, 0.05) is 16.9 Å². The Labute approximate surface area is 222 Å². The molecule has 0 aromatic carbocycles. The first-order chi connectivity index (χ1) is 17.9. The fourth-order valence-corrected chi connectivity index (χ4v) is 6.36. The molecule has 18 heteroatoms. The van der Waals surface area contributed by atoms with Crippen LogP contribution in [0.25, 0.3) is 0 Å². The predicted molar refractivity (Wildman–Crippen MR) is 136 cm³/mol. The number of hydrogen-bond acceptors (Lipinski definition) is 14. The van der Waals surface area contributed by atoms with Crippen molar-refractivity contribution < 1.29 is 29.1 Å². The van der Waals surface area contributed by atoms with Crippen molar-refractivity contribution in [1.82, 2.24) is 30.3 Å². The molecule has 1 unspecified atom stereocenters. The number of terminal acetylenes is 1. The number of rotatable bonds is 11. The zero-order valence-corrected chi connectivity index (χ0v) is 21.4. The van der Waals surface area contributed by atoms with Crippen molar-refractivity contribution in [2.75, 3.05) is 30.5 Å². The zero-order chi connectivity index (χ0) is 26.5. The number of thioether (sulfide) groups is 1. The van der Waals surface area contributed by atoms with Crippen LogP contribution < -0.4 is 16.2 Å². The van der Waals surface area contributed by atoms with Crippen molar-refractivity contribution in [1.29, 1.82) is 0 Å². The lowest BCUT2D eigenvalue weighted by Gasteiger charge is -2.49. The van der Waals surface area contributed by atoms with E-state index in [1.165, 1.54) is 52.0 Å². The van der Waals surface area contributed by atoms with E-state index in [4.69, 9.17) is 11.3 Å². The number of carbonyl (C=O) groups excluding carboxylic acids is 3. The van der Waals surface area contributed by atoms with Crippen LogP contribution in [0.15, 0.2) is 26.9 Å². The summed E-state index contributed by atoms with van der Waals surface area (Å²) < 4.78 is 1.44. The Morgan fingerprint density at radius 1 is 1.51 bits per heavy atom. The largest absolute Gasteiger partial charge is 0.477 e. The highest BCUT2D eigenvalue weighted by Crippen LogP contribution is 2.41. The second kappa shape index (κ2) is 11.5. The average molecular weight is 566 g/mol. The molecule has 37 heavy (non-hydrogen) atoms. The average Bonchev–Trinajstić information content (AvgIpc) is 3.53. The summed E-state index contributed by atoms with van der Waals surface area (Å²) in [6, 6.07) is -0.975. The maximum absolute atomic E-state index is 13.0. The summed E-state index contributed by atoms with van der Waals surface area (Å²) in [6.07, 6.45) is 7.22. The SMILES string of the molecule is C#CCN1C=NN(SCC2=C(C(=O)O)N3C(=O)C(NC(=O)C(=NOC)c4csc(NC=O)n4)[C@@H]3SC2)N1. The molecule has 3 aliphatic rings. The number of β-lactam (4-membered cyclic amide) rings is 1. The maximum Gasteiger partial charge on any atom is 0.352 e. The molecule has 0 radical (unpaired) electrons. The summed E-state index contributed by atoms with van der Waals surface area (Å²) in [4.78, 5) is 58.6. The number of amides is 3. The van der Waals surface area contributed by atoms with Gasteiger partial charge in [-0.25, -0.2) is 9.78 Å². The van der Waals surface area contributed by atoms with Gasteiger partial charge in [-0.3, -0.25) is 24.3 Å². The van der Waals surface area contributed by atoms with E-state index >= 15 is 0 Å². The van der Waals surface area contributed by atoms with Gasteiger partial charge in [0.2, 0.25) is 6.41 Å². The van der Waals surface area contributed by atoms with Crippen molar-refractivity contribution in [2.24, 2.45) is 10.3 Å². The van der Waals surface area contributed by atoms with Crippen molar-refractivity contribution in [3.05, 3.63) is 22.3 Å². The van der Waals surface area contributed by atoms with E-state index in [0.29, 0.717) is 24.3 Å². The summed E-state index contributed by atoms with van der Waals surface area (Å²) >= 11 is 3.60. The minimum atomic E-state index is -1.25. The Kier molecular flexibility index (Phi) is 8.17. The van der Waals surface area contributed by atoms with Gasteiger partial charge in [0.05, 0.1) is 6.54 Å². The smallest absolute Gasteiger partial charge is 0.352 e. The number of carboxylic acid groups (broad SMARTS) is 1. The molecule has 1 aromatic rings. The second-order valence-corrected chi connectivity index (χ2v) is 10.1. The number of carbonyl (C=O) groups is 4. The molecular formula is C19H19N9O6S3. The number of carboxylic acids is 1. The summed E-state index contributed by atoms with van der Waals surface area (Å²) in [5.41, 5.74) is 3.25. The highest BCUT2D eigenvalue weighted by molar-refractivity contribution is 8.00. The van der Waals surface area contributed by atoms with Gasteiger partial charge in [-0.2, -0.15) is 0 Å². The van der Waals surface area contributed by atoms with Crippen LogP contribution in [-0.4, -0.2) is 97.3 Å². The van der Waals surface area contributed by atoms with Crippen LogP contribution in [0.1, 0.15) is 5.69 Å². The molecule has 3 aliphatic heterocycles. The molecular weight excluding hydrogens is 546 g/mol. The Bertz CT molecular complexity index is 1240. The number of hydrazine groups is 2. The summed E-state index contributed by atoms with van der Waals surface area (Å²) in [5.74, 6) is 0.496. The molecule has 3 amide bonds. The van der Waals surface area contributed by atoms with Crippen LogP contribution in [0, 0.1) is 12.3 Å². The van der Waals surface area contributed by atoms with Crippen LogP contribution in [0.4, 0.5) is 5.13 Å². The van der Waals surface area contributed by atoms with Crippen LogP contribution in [0.5, 0.6) is 0 Å². The number of thiazole rings is 1. The van der Waals surface area contributed by atoms with Crippen molar-refractivity contribution in [3.63, 3.8) is 0 Å². The Balaban J connectivity index is 1.43. The van der Waals surface area contributed by atoms with E-state index in [1.807, 2.05) is 0 Å². The molecule has 4 rings (SSSR count). The summed E-state index contributed by atoms with van der Waals surface area (Å²) in [7, 11) is 1.25. The van der Waals surface area contributed by atoms with E-state index < -0.39 is 29.2 Å². The standard InChI is InChI=1S/C19H19N9O6S3/c1-3-4-26-8-21-28(25-26)37-6-10-5-35-17-13(16(31)27(17)14(10)18(32)33)23-15(30)12(24-34-2)11-7-36-19(22-11)20-9-29/h1,7-9,13,17,25H,4-6H2,2H3,(H,23,30)(H,32,33)(H,20,22,29)/t13?,17-/m0/s1. The van der Waals surface area contributed by atoms with Crippen LogP contribution >= 0.6 is 35.0 Å². The van der Waals surface area contributed by atoms with Crippen molar-refractivity contribution in [3.8, 4) is 12.3 Å². The summed E-state index contributed by atoms with van der Waals surface area (Å²) in [6.45, 7) is 0.298. The number of nitrogens with one attached hydrogen (secondary N) is 3. The lowest BCUT2D eigenvalue weighted by Crippen LogP contribution is -2.71. The van der Waals surface area contributed by atoms with E-state index in [9.17, 15) is 24.3 Å². The minimum Gasteiger partial charge on any atom is -0.477 e. The number of hydrazone groups is 1. The third-order valence-electron chi connectivity index (χ3n) is 5.00. The molecule has 0 aliphatic carbocycles. The first-order valence-corrected chi connectivity index (χ1v) is 13.2. The van der Waals surface area contributed by atoms with Crippen molar-refractivity contribution in [2.45, 2.75) is 11.4 Å². The van der Waals surface area contributed by atoms with Crippen LogP contribution in [0.3, 0.4) is 0 Å². The monoisotopic (exact) mass is 565 g/mol. The predicted octanol–water partition coefficient (Wildman–Crippen LogP) is -0.938. The van der Waals surface area contributed by atoms with E-state index in [-0.39, 0.29) is 28.0 Å². The van der Waals surface area contributed by atoms with Gasteiger partial charge in [0.15, 0.2) is 10.8 Å². The quantitative estimate of drug-likeness (QED) is 0.0647. The number of anilines is 1. The summed E-state index contributed by atoms with van der Waals surface area (Å²) in [5, 5.41) is 25.3. The van der Waals surface area contributed by atoms with Crippen LogP contribution in [-0.2, 0) is 24.0 Å². The molecule has 0 spiro atoms. The highest BCUT2D eigenvalue weighted by atomic mass is 32.2. The van der Waals surface area contributed by atoms with Gasteiger partial charge < -0.3 is 20.6 Å². The lowest BCUT2D eigenvalue weighted by atomic mass is 10.0. The van der Waals surface area contributed by atoms with Gasteiger partial charge >= 0.3 is 5.97 Å². The molecule has 194 valence electrons. The number of nitrogens with zero attached hydrogens (tertiary/aromatic N) is 6. The van der Waals surface area contributed by atoms with Gasteiger partial charge in [0.1, 0.15) is 36.3 Å². The number of aliphatic carboxylic acids is 1. The number of fused-ring (bicyclic) bond motifs is 1. The maximum atomic E-state index is 13.0. The van der Waals surface area contributed by atoms with Gasteiger partial charge in [-0.1, -0.05) is 11.1 Å². The molecule has 1 fully saturated rings. The molecule has 4 N–H and O–H groups in total. The molecule has 0 bridgehead atoms. The Morgan fingerprint density at radius 2 is 2.32 bits per heavy atom. The van der Waals surface area contributed by atoms with E-state index in [2.05, 4.69) is 37.3 Å². The Morgan fingerprint density at radius 3 is 3.03 bits per heavy atom.